The zero-order chi connectivity index (χ0) is 25.6. The summed E-state index contributed by atoms with van der Waals surface area (Å²) in [6, 6.07) is 3.49. The maximum atomic E-state index is 14.5. The van der Waals surface area contributed by atoms with E-state index in [-0.39, 0.29) is 28.6 Å². The number of rotatable bonds is 5. The van der Waals surface area contributed by atoms with Gasteiger partial charge in [0.05, 0.1) is 34.6 Å². The number of hydrogen-bond donors (Lipinski definition) is 1. The van der Waals surface area contributed by atoms with Crippen LogP contribution in [-0.2, 0) is 16.1 Å². The second kappa shape index (κ2) is 9.40. The Kier molecular flexibility index (Phi) is 6.42. The van der Waals surface area contributed by atoms with E-state index in [1.54, 1.807) is 11.6 Å². The fourth-order valence-corrected chi connectivity index (χ4v) is 5.74. The van der Waals surface area contributed by atoms with Crippen molar-refractivity contribution in [2.45, 2.75) is 51.7 Å². The summed E-state index contributed by atoms with van der Waals surface area (Å²) in [6.45, 7) is 2.50. The number of nitrogens with one attached hydrogen (secondary N) is 1. The smallest absolute Gasteiger partial charge is 0.256 e. The number of halogens is 3. The van der Waals surface area contributed by atoms with E-state index in [1.165, 1.54) is 11.1 Å². The summed E-state index contributed by atoms with van der Waals surface area (Å²) in [7, 11) is 1.59. The standard InChI is InChI=1S/C25H26ClF2N5O3/c1-14-9-17(13-36-2)33-22(30-14)18(12-29-33)23(34)31-16-3-5-25(6-4-16)7-8-32(24(25)35)21-19(26)10-15(27)11-20(21)28/h9-12,16H,3-8,13H2,1-2H3,(H,31,34). The highest BCUT2D eigenvalue weighted by Gasteiger charge is 2.49. The van der Waals surface area contributed by atoms with E-state index in [0.29, 0.717) is 56.5 Å². The summed E-state index contributed by atoms with van der Waals surface area (Å²) in [6.07, 6.45) is 4.37. The van der Waals surface area contributed by atoms with Crippen molar-refractivity contribution in [3.8, 4) is 0 Å². The van der Waals surface area contributed by atoms with Crippen LogP contribution in [0.15, 0.2) is 24.4 Å². The van der Waals surface area contributed by atoms with E-state index in [9.17, 15) is 18.4 Å². The maximum Gasteiger partial charge on any atom is 0.256 e. The minimum absolute atomic E-state index is 0.0703. The lowest BCUT2D eigenvalue weighted by atomic mass is 9.71. The predicted molar refractivity (Wildman–Crippen MR) is 129 cm³/mol. The molecule has 2 aromatic heterocycles. The molecule has 11 heteroatoms. The molecule has 1 N–H and O–H groups in total. The molecule has 2 fully saturated rings. The van der Waals surface area contributed by atoms with Gasteiger partial charge >= 0.3 is 0 Å². The van der Waals surface area contributed by atoms with Gasteiger partial charge in [0.2, 0.25) is 5.91 Å². The van der Waals surface area contributed by atoms with Crippen LogP contribution in [-0.4, -0.2) is 46.1 Å². The van der Waals surface area contributed by atoms with Gasteiger partial charge in [-0.2, -0.15) is 5.10 Å². The molecule has 1 saturated carbocycles. The summed E-state index contributed by atoms with van der Waals surface area (Å²) in [4.78, 5) is 32.2. The molecule has 2 amide bonds. The van der Waals surface area contributed by atoms with Gasteiger partial charge in [-0.25, -0.2) is 18.3 Å². The summed E-state index contributed by atoms with van der Waals surface area (Å²) in [5.74, 6) is -2.11. The Balaban J connectivity index is 1.27. The summed E-state index contributed by atoms with van der Waals surface area (Å²) < 4.78 is 34.8. The highest BCUT2D eigenvalue weighted by atomic mass is 35.5. The van der Waals surface area contributed by atoms with Crippen molar-refractivity contribution in [2.75, 3.05) is 18.6 Å². The maximum absolute atomic E-state index is 14.5. The number of nitrogens with zero attached hydrogens (tertiary/aromatic N) is 4. The Morgan fingerprint density at radius 1 is 1.25 bits per heavy atom. The molecule has 8 nitrogen and oxygen atoms in total. The number of carbonyl (C=O) groups is 2. The lowest BCUT2D eigenvalue weighted by Gasteiger charge is -2.36. The van der Waals surface area contributed by atoms with E-state index in [0.717, 1.165) is 23.5 Å². The first-order chi connectivity index (χ1) is 17.2. The van der Waals surface area contributed by atoms with Crippen molar-refractivity contribution in [3.05, 3.63) is 58.0 Å². The third-order valence-corrected chi connectivity index (χ3v) is 7.54. The van der Waals surface area contributed by atoms with Gasteiger partial charge < -0.3 is 15.0 Å². The minimum atomic E-state index is -0.850. The van der Waals surface area contributed by atoms with Crippen molar-refractivity contribution in [3.63, 3.8) is 0 Å². The largest absolute Gasteiger partial charge is 0.378 e. The zero-order valence-electron chi connectivity index (χ0n) is 20.0. The van der Waals surface area contributed by atoms with Gasteiger partial charge in [-0.3, -0.25) is 9.59 Å². The van der Waals surface area contributed by atoms with Crippen molar-refractivity contribution < 1.29 is 23.1 Å². The van der Waals surface area contributed by atoms with E-state index >= 15 is 0 Å². The summed E-state index contributed by atoms with van der Waals surface area (Å²) >= 11 is 6.08. The van der Waals surface area contributed by atoms with Crippen LogP contribution in [0.2, 0.25) is 5.02 Å². The van der Waals surface area contributed by atoms with Crippen LogP contribution in [0.3, 0.4) is 0 Å². The number of aryl methyl sites for hydroxylation is 1. The Morgan fingerprint density at radius 2 is 2.00 bits per heavy atom. The Morgan fingerprint density at radius 3 is 2.69 bits per heavy atom. The van der Waals surface area contributed by atoms with Crippen LogP contribution in [0, 0.1) is 24.0 Å². The van der Waals surface area contributed by atoms with Gasteiger partial charge in [-0.15, -0.1) is 0 Å². The molecule has 190 valence electrons. The lowest BCUT2D eigenvalue weighted by molar-refractivity contribution is -0.127. The Bertz CT molecular complexity index is 1330. The van der Waals surface area contributed by atoms with Crippen LogP contribution >= 0.6 is 11.6 Å². The molecule has 0 radical (unpaired) electrons. The zero-order valence-corrected chi connectivity index (χ0v) is 20.7. The number of aromatic nitrogens is 3. The average molecular weight is 518 g/mol. The molecule has 0 unspecified atom stereocenters. The van der Waals surface area contributed by atoms with Crippen LogP contribution in [0.5, 0.6) is 0 Å². The molecular formula is C25H26ClF2N5O3. The number of amides is 2. The molecule has 1 saturated heterocycles. The van der Waals surface area contributed by atoms with Crippen LogP contribution in [0.25, 0.3) is 5.65 Å². The number of methoxy groups -OCH3 is 1. The summed E-state index contributed by atoms with van der Waals surface area (Å²) in [5, 5.41) is 7.26. The van der Waals surface area contributed by atoms with Crippen LogP contribution in [0.1, 0.15) is 53.8 Å². The molecule has 0 atom stereocenters. The molecule has 36 heavy (non-hydrogen) atoms. The fraction of sp³-hybridized carbons (Fsp3) is 0.440. The molecule has 5 rings (SSSR count). The van der Waals surface area contributed by atoms with E-state index < -0.39 is 17.0 Å². The molecule has 1 aliphatic carbocycles. The van der Waals surface area contributed by atoms with Gasteiger partial charge in [0, 0.05) is 31.5 Å². The molecule has 1 spiro atoms. The van der Waals surface area contributed by atoms with Crippen molar-refractivity contribution in [1.29, 1.82) is 0 Å². The van der Waals surface area contributed by atoms with E-state index in [2.05, 4.69) is 15.4 Å². The molecule has 0 bridgehead atoms. The number of benzene rings is 1. The lowest BCUT2D eigenvalue weighted by Crippen LogP contribution is -2.44. The molecule has 3 aromatic rings. The second-order valence-corrected chi connectivity index (χ2v) is 9.98. The van der Waals surface area contributed by atoms with E-state index in [4.69, 9.17) is 16.3 Å². The van der Waals surface area contributed by atoms with Crippen molar-refractivity contribution >= 4 is 34.7 Å². The second-order valence-electron chi connectivity index (χ2n) is 9.57. The van der Waals surface area contributed by atoms with E-state index in [1.807, 2.05) is 13.0 Å². The first kappa shape index (κ1) is 24.6. The van der Waals surface area contributed by atoms with Crippen LogP contribution < -0.4 is 10.2 Å². The first-order valence-corrected chi connectivity index (χ1v) is 12.2. The molecule has 3 heterocycles. The Hall–Kier alpha value is -3.11. The van der Waals surface area contributed by atoms with Gasteiger partial charge in [-0.05, 0) is 51.2 Å². The monoisotopic (exact) mass is 517 g/mol. The normalized spacial score (nSPS) is 22.1. The van der Waals surface area contributed by atoms with Gasteiger partial charge in [-0.1, -0.05) is 11.6 Å². The van der Waals surface area contributed by atoms with Gasteiger partial charge in [0.15, 0.2) is 11.5 Å². The quantitative estimate of drug-likeness (QED) is 0.547. The van der Waals surface area contributed by atoms with Crippen molar-refractivity contribution in [1.82, 2.24) is 19.9 Å². The number of hydrogen-bond acceptors (Lipinski definition) is 5. The Labute approximate surface area is 211 Å². The molecular weight excluding hydrogens is 492 g/mol. The SMILES string of the molecule is COCc1cc(C)nc2c(C(=O)NC3CCC4(CC3)CCN(c3c(F)cc(F)cc3Cl)C4=O)cnn12. The highest BCUT2D eigenvalue weighted by molar-refractivity contribution is 6.34. The number of carbonyl (C=O) groups excluding carboxylic acids is 2. The predicted octanol–water partition coefficient (Wildman–Crippen LogP) is 4.21. The molecule has 1 aromatic carbocycles. The number of ether oxygens (including phenoxy) is 1. The highest BCUT2D eigenvalue weighted by Crippen LogP contribution is 2.47. The van der Waals surface area contributed by atoms with Crippen molar-refractivity contribution in [2.24, 2.45) is 5.41 Å². The third kappa shape index (κ3) is 4.22. The van der Waals surface area contributed by atoms with Gasteiger partial charge in [0.25, 0.3) is 5.91 Å². The fourth-order valence-electron chi connectivity index (χ4n) is 5.44. The summed E-state index contributed by atoms with van der Waals surface area (Å²) in [5.41, 5.74) is 1.68. The number of anilines is 1. The minimum Gasteiger partial charge on any atom is -0.378 e. The van der Waals surface area contributed by atoms with Gasteiger partial charge in [0.1, 0.15) is 11.4 Å². The topological polar surface area (TPSA) is 88.8 Å². The number of fused-ring (bicyclic) bond motifs is 1. The van der Waals surface area contributed by atoms with Crippen LogP contribution in [0.4, 0.5) is 14.5 Å². The average Bonchev–Trinajstić information content (AvgIpc) is 3.38. The molecule has 2 aliphatic rings. The third-order valence-electron chi connectivity index (χ3n) is 7.25. The molecule has 1 aliphatic heterocycles. The first-order valence-electron chi connectivity index (χ1n) is 11.8.